The lowest BCUT2D eigenvalue weighted by Crippen LogP contribution is -2.25. The Bertz CT molecular complexity index is 448. The minimum absolute atomic E-state index is 0.0411. The van der Waals surface area contributed by atoms with Gasteiger partial charge in [0.2, 0.25) is 5.91 Å². The molecule has 0 unspecified atom stereocenters. The number of ether oxygens (including phenoxy) is 3. The van der Waals surface area contributed by atoms with Crippen molar-refractivity contribution in [3.63, 3.8) is 0 Å². The fraction of sp³-hybridized carbons (Fsp3) is 0.875. The number of carbonyl (C=O) groups excluding carboxylic acids is 1. The van der Waals surface area contributed by atoms with Crippen LogP contribution < -0.4 is 10.6 Å². The van der Waals surface area contributed by atoms with Gasteiger partial charge in [-0.1, -0.05) is 71.1 Å². The first kappa shape index (κ1) is 36.1. The summed E-state index contributed by atoms with van der Waals surface area (Å²) in [6, 6.07) is 0. The fourth-order valence-corrected chi connectivity index (χ4v) is 1.70. The van der Waals surface area contributed by atoms with E-state index in [-0.39, 0.29) is 5.91 Å². The summed E-state index contributed by atoms with van der Waals surface area (Å²) >= 11 is 4.02. The van der Waals surface area contributed by atoms with Crippen LogP contribution in [0, 0.1) is 17.8 Å². The van der Waals surface area contributed by atoms with Gasteiger partial charge in [-0.2, -0.15) is 0 Å². The highest BCUT2D eigenvalue weighted by molar-refractivity contribution is 8.69. The molecule has 0 rings (SSSR count). The molecule has 0 spiro atoms. The Morgan fingerprint density at radius 2 is 1.47 bits per heavy atom. The van der Waals surface area contributed by atoms with Gasteiger partial charge in [0.05, 0.1) is 39.6 Å². The summed E-state index contributed by atoms with van der Waals surface area (Å²) in [7, 11) is 3.53. The molecule has 0 radical (unpaired) electrons. The SMILES string of the molecule is CC.CC(C)(C)SS.CNCCCCOCCOCCOCCC(=O)NCC#CC(C)C. The van der Waals surface area contributed by atoms with Gasteiger partial charge in [-0.25, -0.2) is 0 Å². The highest BCUT2D eigenvalue weighted by Crippen LogP contribution is 2.25. The number of hydrogen-bond donors (Lipinski definition) is 3. The van der Waals surface area contributed by atoms with E-state index in [0.717, 1.165) is 26.0 Å². The summed E-state index contributed by atoms with van der Waals surface area (Å²) in [5.74, 6) is 6.19. The van der Waals surface area contributed by atoms with Crippen molar-refractivity contribution in [1.29, 1.82) is 0 Å². The quantitative estimate of drug-likeness (QED) is 0.134. The van der Waals surface area contributed by atoms with Crippen molar-refractivity contribution in [1.82, 2.24) is 10.6 Å². The van der Waals surface area contributed by atoms with Crippen LogP contribution in [-0.4, -0.2) is 70.4 Å². The predicted molar refractivity (Wildman–Crippen MR) is 144 cm³/mol. The molecule has 0 aromatic heterocycles. The van der Waals surface area contributed by atoms with E-state index in [2.05, 4.69) is 54.9 Å². The van der Waals surface area contributed by atoms with Crippen molar-refractivity contribution in [2.45, 2.75) is 72.5 Å². The Morgan fingerprint density at radius 1 is 0.969 bits per heavy atom. The van der Waals surface area contributed by atoms with Crippen LogP contribution in [0.15, 0.2) is 0 Å². The maximum atomic E-state index is 11.5. The molecule has 2 N–H and O–H groups in total. The number of rotatable bonds is 15. The Kier molecular flexibility index (Phi) is 32.3. The van der Waals surface area contributed by atoms with Gasteiger partial charge in [0.15, 0.2) is 0 Å². The molecule has 32 heavy (non-hydrogen) atoms. The van der Waals surface area contributed by atoms with Crippen LogP contribution in [0.4, 0.5) is 0 Å². The van der Waals surface area contributed by atoms with Crippen molar-refractivity contribution in [2.24, 2.45) is 5.92 Å². The molecule has 0 atom stereocenters. The molecule has 1 amide bonds. The number of amides is 1. The third kappa shape index (κ3) is 40.0. The molecule has 0 fully saturated rings. The zero-order valence-corrected chi connectivity index (χ0v) is 23.6. The van der Waals surface area contributed by atoms with Crippen molar-refractivity contribution in [3.8, 4) is 11.8 Å². The van der Waals surface area contributed by atoms with Crippen LogP contribution in [0.5, 0.6) is 0 Å². The number of unbranched alkanes of at least 4 members (excludes halogenated alkanes) is 1. The molecule has 0 bridgehead atoms. The molecule has 0 aliphatic heterocycles. The van der Waals surface area contributed by atoms with E-state index in [9.17, 15) is 4.79 Å². The van der Waals surface area contributed by atoms with E-state index in [1.807, 2.05) is 34.7 Å². The molecular formula is C24H50N2O4S2. The first-order valence-corrected chi connectivity index (χ1v) is 13.5. The van der Waals surface area contributed by atoms with Crippen molar-refractivity contribution >= 4 is 28.4 Å². The van der Waals surface area contributed by atoms with Gasteiger partial charge in [-0.15, -0.1) is 11.7 Å². The van der Waals surface area contributed by atoms with Crippen molar-refractivity contribution in [3.05, 3.63) is 0 Å². The summed E-state index contributed by atoms with van der Waals surface area (Å²) in [6.45, 7) is 19.2. The molecule has 0 aromatic rings. The molecule has 0 aliphatic rings. The Balaban J connectivity index is -0.000000899. The van der Waals surface area contributed by atoms with Gasteiger partial charge in [0.25, 0.3) is 0 Å². The average molecular weight is 495 g/mol. The summed E-state index contributed by atoms with van der Waals surface area (Å²) < 4.78 is 16.5. The van der Waals surface area contributed by atoms with Gasteiger partial charge < -0.3 is 24.8 Å². The smallest absolute Gasteiger partial charge is 0.223 e. The number of carbonyl (C=O) groups is 1. The largest absolute Gasteiger partial charge is 0.379 e. The monoisotopic (exact) mass is 494 g/mol. The lowest BCUT2D eigenvalue weighted by atomic mass is 10.2. The zero-order valence-electron chi connectivity index (χ0n) is 21.8. The lowest BCUT2D eigenvalue weighted by molar-refractivity contribution is -0.122. The summed E-state index contributed by atoms with van der Waals surface area (Å²) in [6.07, 6.45) is 2.54. The van der Waals surface area contributed by atoms with Crippen LogP contribution in [0.25, 0.3) is 0 Å². The van der Waals surface area contributed by atoms with E-state index < -0.39 is 0 Å². The van der Waals surface area contributed by atoms with Crippen molar-refractivity contribution in [2.75, 3.05) is 59.8 Å². The molecule has 8 heteroatoms. The first-order valence-electron chi connectivity index (χ1n) is 11.7. The molecule has 0 aliphatic carbocycles. The number of nitrogens with one attached hydrogen (secondary N) is 2. The third-order valence-corrected chi connectivity index (χ3v) is 5.41. The standard InChI is InChI=1S/C18H34N2O4.C4H10S2.C2H6/c1-17(2)7-6-10-20-18(21)8-12-23-14-16-24-15-13-22-11-5-4-9-19-3;1-4(2,3)6-5;1-2/h17,19H,4-5,8-16H2,1-3H3,(H,20,21);5H,1-3H3;1-2H3. The Hall–Kier alpha value is -0.430. The predicted octanol–water partition coefficient (Wildman–Crippen LogP) is 4.59. The third-order valence-electron chi connectivity index (χ3n) is 3.22. The van der Waals surface area contributed by atoms with Crippen LogP contribution >= 0.6 is 22.5 Å². The highest BCUT2D eigenvalue weighted by atomic mass is 33.1. The first-order chi connectivity index (χ1) is 15.2. The Morgan fingerprint density at radius 3 is 1.94 bits per heavy atom. The van der Waals surface area contributed by atoms with Gasteiger partial charge in [0, 0.05) is 23.7 Å². The van der Waals surface area contributed by atoms with Gasteiger partial charge in [0.1, 0.15) is 0 Å². The summed E-state index contributed by atoms with van der Waals surface area (Å²) in [5, 5.41) is 5.84. The normalized spacial score (nSPS) is 10.3. The molecule has 192 valence electrons. The van der Waals surface area contributed by atoms with E-state index in [0.29, 0.717) is 56.7 Å². The second-order valence-corrected chi connectivity index (χ2v) is 9.81. The molecular weight excluding hydrogens is 444 g/mol. The Labute approximate surface area is 207 Å². The van der Waals surface area contributed by atoms with E-state index in [1.54, 1.807) is 10.8 Å². The van der Waals surface area contributed by atoms with E-state index >= 15 is 0 Å². The summed E-state index contributed by atoms with van der Waals surface area (Å²) in [5.41, 5.74) is 0. The van der Waals surface area contributed by atoms with Crippen LogP contribution in [-0.2, 0) is 19.0 Å². The van der Waals surface area contributed by atoms with Crippen molar-refractivity contribution < 1.29 is 19.0 Å². The van der Waals surface area contributed by atoms with Crippen LogP contribution in [0.2, 0.25) is 0 Å². The lowest BCUT2D eigenvalue weighted by Gasteiger charge is -2.10. The van der Waals surface area contributed by atoms with E-state index in [4.69, 9.17) is 14.2 Å². The molecule has 6 nitrogen and oxygen atoms in total. The second-order valence-electron chi connectivity index (χ2n) is 7.85. The fourth-order valence-electron chi connectivity index (χ4n) is 1.70. The van der Waals surface area contributed by atoms with Gasteiger partial charge in [-0.05, 0) is 26.4 Å². The molecule has 0 aromatic carbocycles. The highest BCUT2D eigenvalue weighted by Gasteiger charge is 2.05. The minimum Gasteiger partial charge on any atom is -0.379 e. The van der Waals surface area contributed by atoms with E-state index in [1.165, 1.54) is 0 Å². The average Bonchev–Trinajstić information content (AvgIpc) is 2.75. The van der Waals surface area contributed by atoms with Gasteiger partial charge in [-0.3, -0.25) is 4.79 Å². The second kappa shape index (κ2) is 28.6. The maximum Gasteiger partial charge on any atom is 0.223 e. The minimum atomic E-state index is -0.0411. The topological polar surface area (TPSA) is 68.8 Å². The summed E-state index contributed by atoms with van der Waals surface area (Å²) in [4.78, 5) is 11.5. The number of thiol groups is 1. The molecule has 0 saturated heterocycles. The van der Waals surface area contributed by atoms with Gasteiger partial charge >= 0.3 is 0 Å². The number of hydrogen-bond acceptors (Lipinski definition) is 7. The van der Waals surface area contributed by atoms with Crippen LogP contribution in [0.1, 0.15) is 67.7 Å². The molecule has 0 saturated carbocycles. The maximum absolute atomic E-state index is 11.5. The zero-order chi connectivity index (χ0) is 25.1. The van der Waals surface area contributed by atoms with Crippen LogP contribution in [0.3, 0.4) is 0 Å². The molecule has 0 heterocycles.